The lowest BCUT2D eigenvalue weighted by Gasteiger charge is -2.46. The Morgan fingerprint density at radius 2 is 1.84 bits per heavy atom. The van der Waals surface area contributed by atoms with E-state index in [0.717, 1.165) is 12.6 Å². The van der Waals surface area contributed by atoms with Gasteiger partial charge in [0.2, 0.25) is 0 Å². The highest BCUT2D eigenvalue weighted by molar-refractivity contribution is 4.94. The number of hydrogen-bond acceptors (Lipinski definition) is 2. The molecule has 1 saturated heterocycles. The first kappa shape index (κ1) is 13.9. The average Bonchev–Trinajstić information content (AvgIpc) is 2.39. The summed E-state index contributed by atoms with van der Waals surface area (Å²) in [6, 6.07) is 0.718. The topological polar surface area (TPSA) is 21.3 Å². The van der Waals surface area contributed by atoms with E-state index in [1.54, 1.807) is 0 Å². The van der Waals surface area contributed by atoms with Gasteiger partial charge in [0, 0.05) is 19.2 Å². The van der Waals surface area contributed by atoms with Crippen LogP contribution in [-0.2, 0) is 4.74 Å². The van der Waals surface area contributed by atoms with Crippen molar-refractivity contribution in [3.05, 3.63) is 0 Å². The zero-order valence-electron chi connectivity index (χ0n) is 12.7. The second-order valence-electron chi connectivity index (χ2n) is 7.37. The summed E-state index contributed by atoms with van der Waals surface area (Å²) in [7, 11) is 0. The Kier molecular flexibility index (Phi) is 4.19. The molecule has 1 heterocycles. The molecule has 3 fully saturated rings. The molecule has 0 bridgehead atoms. The van der Waals surface area contributed by atoms with Crippen LogP contribution in [0.4, 0.5) is 0 Å². The van der Waals surface area contributed by atoms with Gasteiger partial charge in [0.25, 0.3) is 0 Å². The summed E-state index contributed by atoms with van der Waals surface area (Å²) in [5.74, 6) is 0. The van der Waals surface area contributed by atoms with Crippen molar-refractivity contribution >= 4 is 0 Å². The predicted octanol–water partition coefficient (Wildman–Crippen LogP) is 4.04. The molecule has 2 nitrogen and oxygen atoms in total. The molecule has 0 radical (unpaired) electrons. The van der Waals surface area contributed by atoms with E-state index < -0.39 is 0 Å². The van der Waals surface area contributed by atoms with Crippen LogP contribution >= 0.6 is 0 Å². The molecular weight excluding hydrogens is 234 g/mol. The molecule has 2 aliphatic carbocycles. The minimum atomic E-state index is 0.257. The van der Waals surface area contributed by atoms with Crippen LogP contribution in [0.1, 0.15) is 77.6 Å². The van der Waals surface area contributed by atoms with Gasteiger partial charge < -0.3 is 10.1 Å². The van der Waals surface area contributed by atoms with Gasteiger partial charge in [-0.3, -0.25) is 0 Å². The maximum Gasteiger partial charge on any atom is 0.0697 e. The van der Waals surface area contributed by atoms with Crippen molar-refractivity contribution < 1.29 is 4.74 Å². The lowest BCUT2D eigenvalue weighted by Crippen LogP contribution is -2.51. The largest absolute Gasteiger partial charge is 0.375 e. The third-order valence-corrected chi connectivity index (χ3v) is 6.19. The number of nitrogens with one attached hydrogen (secondary N) is 1. The monoisotopic (exact) mass is 265 g/mol. The van der Waals surface area contributed by atoms with Crippen molar-refractivity contribution in [2.75, 3.05) is 13.2 Å². The van der Waals surface area contributed by atoms with Gasteiger partial charge in [0.1, 0.15) is 0 Å². The third-order valence-electron chi connectivity index (χ3n) is 6.19. The van der Waals surface area contributed by atoms with E-state index in [4.69, 9.17) is 4.74 Å². The first-order chi connectivity index (χ1) is 9.26. The van der Waals surface area contributed by atoms with Gasteiger partial charge in [0.15, 0.2) is 0 Å². The van der Waals surface area contributed by atoms with Gasteiger partial charge in [0.05, 0.1) is 5.60 Å². The van der Waals surface area contributed by atoms with E-state index >= 15 is 0 Å². The molecule has 1 spiro atoms. The highest BCUT2D eigenvalue weighted by atomic mass is 16.5. The summed E-state index contributed by atoms with van der Waals surface area (Å²) in [6.45, 7) is 4.61. The Morgan fingerprint density at radius 1 is 1.05 bits per heavy atom. The van der Waals surface area contributed by atoms with E-state index in [0.29, 0.717) is 5.41 Å². The van der Waals surface area contributed by atoms with E-state index in [1.165, 1.54) is 77.2 Å². The number of hydrogen-bond donors (Lipinski definition) is 1. The normalized spacial score (nSPS) is 33.0. The zero-order valence-corrected chi connectivity index (χ0v) is 12.7. The predicted molar refractivity (Wildman–Crippen MR) is 79.4 cm³/mol. The molecule has 2 saturated carbocycles. The van der Waals surface area contributed by atoms with Crippen molar-refractivity contribution in [1.82, 2.24) is 5.32 Å². The average molecular weight is 265 g/mol. The van der Waals surface area contributed by atoms with Crippen molar-refractivity contribution in [3.8, 4) is 0 Å². The molecule has 1 unspecified atom stereocenters. The Morgan fingerprint density at radius 3 is 2.47 bits per heavy atom. The van der Waals surface area contributed by atoms with Gasteiger partial charge in [-0.25, -0.2) is 0 Å². The van der Waals surface area contributed by atoms with Crippen LogP contribution in [0.25, 0.3) is 0 Å². The van der Waals surface area contributed by atoms with E-state index in [2.05, 4.69) is 12.2 Å². The van der Waals surface area contributed by atoms with Crippen molar-refractivity contribution in [2.45, 2.75) is 89.2 Å². The lowest BCUT2D eigenvalue weighted by molar-refractivity contribution is -0.110. The second-order valence-corrected chi connectivity index (χ2v) is 7.37. The van der Waals surface area contributed by atoms with Gasteiger partial charge in [-0.05, 0) is 50.4 Å². The van der Waals surface area contributed by atoms with E-state index in [-0.39, 0.29) is 5.60 Å². The fourth-order valence-electron chi connectivity index (χ4n) is 4.44. The van der Waals surface area contributed by atoms with Gasteiger partial charge >= 0.3 is 0 Å². The number of ether oxygens (including phenoxy) is 1. The van der Waals surface area contributed by atoms with Crippen LogP contribution in [0.5, 0.6) is 0 Å². The Balaban J connectivity index is 1.50. The highest BCUT2D eigenvalue weighted by Gasteiger charge is 2.40. The maximum absolute atomic E-state index is 6.20. The molecule has 3 rings (SSSR count). The van der Waals surface area contributed by atoms with Crippen LogP contribution in [0.15, 0.2) is 0 Å². The fraction of sp³-hybridized carbons (Fsp3) is 1.00. The second kappa shape index (κ2) is 5.73. The van der Waals surface area contributed by atoms with Gasteiger partial charge in [-0.2, -0.15) is 0 Å². The van der Waals surface area contributed by atoms with Crippen LogP contribution in [-0.4, -0.2) is 24.8 Å². The first-order valence-electron chi connectivity index (χ1n) is 8.63. The van der Waals surface area contributed by atoms with Crippen LogP contribution in [0.3, 0.4) is 0 Å². The molecule has 19 heavy (non-hydrogen) atoms. The molecule has 0 amide bonds. The minimum Gasteiger partial charge on any atom is -0.375 e. The van der Waals surface area contributed by atoms with Crippen LogP contribution in [0, 0.1) is 5.41 Å². The molecular formula is C17H31NO. The highest BCUT2D eigenvalue weighted by Crippen LogP contribution is 2.44. The molecule has 1 atom stereocenters. The Bertz CT molecular complexity index is 281. The van der Waals surface area contributed by atoms with Crippen LogP contribution in [0.2, 0.25) is 0 Å². The molecule has 1 aliphatic heterocycles. The molecule has 0 aromatic carbocycles. The van der Waals surface area contributed by atoms with E-state index in [1.807, 2.05) is 0 Å². The summed E-state index contributed by atoms with van der Waals surface area (Å²) in [5, 5.41) is 3.91. The summed E-state index contributed by atoms with van der Waals surface area (Å²) in [6.07, 6.45) is 15.0. The molecule has 110 valence electrons. The third kappa shape index (κ3) is 3.00. The lowest BCUT2D eigenvalue weighted by atomic mass is 9.67. The fourth-order valence-corrected chi connectivity index (χ4v) is 4.44. The maximum atomic E-state index is 6.20. The van der Waals surface area contributed by atoms with Crippen molar-refractivity contribution in [3.63, 3.8) is 0 Å². The SMILES string of the molecule is CCC1(CNC2CCOC3(CCCCC3)C2)CCC1. The van der Waals surface area contributed by atoms with Gasteiger partial charge in [-0.15, -0.1) is 0 Å². The van der Waals surface area contributed by atoms with Crippen molar-refractivity contribution in [2.24, 2.45) is 5.41 Å². The molecule has 2 heteroatoms. The molecule has 1 N–H and O–H groups in total. The molecule has 0 aromatic rings. The quantitative estimate of drug-likeness (QED) is 0.828. The smallest absolute Gasteiger partial charge is 0.0697 e. The molecule has 3 aliphatic rings. The summed E-state index contributed by atoms with van der Waals surface area (Å²) < 4.78 is 6.20. The first-order valence-corrected chi connectivity index (χ1v) is 8.63. The minimum absolute atomic E-state index is 0.257. The standard InChI is InChI=1S/C17H31NO/c1-2-16(8-6-9-16)14-18-15-7-12-19-17(13-15)10-4-3-5-11-17/h15,18H,2-14H2,1H3. The summed E-state index contributed by atoms with van der Waals surface area (Å²) in [4.78, 5) is 0. The van der Waals surface area contributed by atoms with Gasteiger partial charge in [-0.1, -0.05) is 32.6 Å². The van der Waals surface area contributed by atoms with Crippen molar-refractivity contribution in [1.29, 1.82) is 0 Å². The Labute approximate surface area is 118 Å². The Hall–Kier alpha value is -0.0800. The molecule has 0 aromatic heterocycles. The van der Waals surface area contributed by atoms with E-state index in [9.17, 15) is 0 Å². The zero-order chi connectivity index (χ0) is 13.2. The summed E-state index contributed by atoms with van der Waals surface area (Å²) in [5.41, 5.74) is 0.908. The van der Waals surface area contributed by atoms with Crippen LogP contribution < -0.4 is 5.32 Å². The number of rotatable bonds is 4. The summed E-state index contributed by atoms with van der Waals surface area (Å²) >= 11 is 0.